The summed E-state index contributed by atoms with van der Waals surface area (Å²) in [5.41, 5.74) is 2.36. The number of pyridine rings is 1. The van der Waals surface area contributed by atoms with Crippen molar-refractivity contribution in [1.82, 2.24) is 15.2 Å². The Balaban J connectivity index is 1.28. The third-order valence-corrected chi connectivity index (χ3v) is 5.85. The Morgan fingerprint density at radius 2 is 1.97 bits per heavy atom. The molecule has 1 aromatic heterocycles. The molecule has 1 saturated heterocycles. The molecule has 2 aromatic rings. The van der Waals surface area contributed by atoms with Crippen molar-refractivity contribution in [3.05, 3.63) is 71.6 Å². The highest BCUT2D eigenvalue weighted by Crippen LogP contribution is 2.24. The molecular formula is C25H29N3O3. The van der Waals surface area contributed by atoms with Gasteiger partial charge in [0.15, 0.2) is 0 Å². The van der Waals surface area contributed by atoms with Gasteiger partial charge in [0.25, 0.3) is 5.91 Å². The fourth-order valence-corrected chi connectivity index (χ4v) is 4.09. The van der Waals surface area contributed by atoms with Gasteiger partial charge in [0.1, 0.15) is 11.9 Å². The van der Waals surface area contributed by atoms with Crippen LogP contribution >= 0.6 is 0 Å². The van der Waals surface area contributed by atoms with E-state index in [9.17, 15) is 9.59 Å². The van der Waals surface area contributed by atoms with E-state index < -0.39 is 0 Å². The first-order chi connectivity index (χ1) is 15.2. The lowest BCUT2D eigenvalue weighted by Gasteiger charge is -2.33. The van der Waals surface area contributed by atoms with E-state index in [1.807, 2.05) is 35.2 Å². The Morgan fingerprint density at radius 1 is 1.10 bits per heavy atom. The lowest BCUT2D eigenvalue weighted by molar-refractivity contribution is -0.129. The van der Waals surface area contributed by atoms with Gasteiger partial charge in [0, 0.05) is 43.3 Å². The molecule has 31 heavy (non-hydrogen) atoms. The molecule has 2 amide bonds. The smallest absolute Gasteiger partial charge is 0.251 e. The molecule has 6 nitrogen and oxygen atoms in total. The van der Waals surface area contributed by atoms with E-state index in [0.717, 1.165) is 43.4 Å². The molecule has 162 valence electrons. The summed E-state index contributed by atoms with van der Waals surface area (Å²) in [7, 11) is 0. The van der Waals surface area contributed by atoms with E-state index in [4.69, 9.17) is 4.74 Å². The van der Waals surface area contributed by atoms with Gasteiger partial charge in [-0.3, -0.25) is 14.6 Å². The second-order valence-corrected chi connectivity index (χ2v) is 8.12. The van der Waals surface area contributed by atoms with Crippen LogP contribution in [0.3, 0.4) is 0 Å². The summed E-state index contributed by atoms with van der Waals surface area (Å²) in [4.78, 5) is 31.3. The molecule has 1 aliphatic carbocycles. The third-order valence-electron chi connectivity index (χ3n) is 5.85. The van der Waals surface area contributed by atoms with Crippen LogP contribution in [0, 0.1) is 0 Å². The van der Waals surface area contributed by atoms with Gasteiger partial charge in [-0.25, -0.2) is 0 Å². The Labute approximate surface area is 183 Å². The quantitative estimate of drug-likeness (QED) is 0.771. The van der Waals surface area contributed by atoms with Crippen molar-refractivity contribution in [2.75, 3.05) is 13.1 Å². The Bertz CT molecular complexity index is 934. The van der Waals surface area contributed by atoms with Gasteiger partial charge in [-0.05, 0) is 56.0 Å². The van der Waals surface area contributed by atoms with E-state index in [2.05, 4.69) is 16.4 Å². The third kappa shape index (κ3) is 5.72. The topological polar surface area (TPSA) is 71.5 Å². The summed E-state index contributed by atoms with van der Waals surface area (Å²) >= 11 is 0. The minimum absolute atomic E-state index is 0.0521. The minimum Gasteiger partial charge on any atom is -0.490 e. The van der Waals surface area contributed by atoms with Crippen molar-refractivity contribution in [3.63, 3.8) is 0 Å². The average molecular weight is 420 g/mol. The van der Waals surface area contributed by atoms with Crippen LogP contribution in [0.25, 0.3) is 0 Å². The highest BCUT2D eigenvalue weighted by Gasteiger charge is 2.26. The van der Waals surface area contributed by atoms with Crippen LogP contribution in [-0.2, 0) is 11.3 Å². The highest BCUT2D eigenvalue weighted by molar-refractivity contribution is 5.94. The highest BCUT2D eigenvalue weighted by atomic mass is 16.5. The number of nitrogens with one attached hydrogen (secondary N) is 1. The van der Waals surface area contributed by atoms with Crippen LogP contribution in [0.2, 0.25) is 0 Å². The average Bonchev–Trinajstić information content (AvgIpc) is 2.84. The second-order valence-electron chi connectivity index (χ2n) is 8.12. The van der Waals surface area contributed by atoms with Crippen LogP contribution in [0.1, 0.15) is 54.6 Å². The summed E-state index contributed by atoms with van der Waals surface area (Å²) < 4.78 is 6.14. The summed E-state index contributed by atoms with van der Waals surface area (Å²) in [6.45, 7) is 1.81. The molecule has 0 bridgehead atoms. The normalized spacial score (nSPS) is 17.0. The van der Waals surface area contributed by atoms with Crippen molar-refractivity contribution in [1.29, 1.82) is 0 Å². The molecule has 2 heterocycles. The molecule has 1 aliphatic heterocycles. The van der Waals surface area contributed by atoms with Crippen molar-refractivity contribution in [2.45, 2.75) is 51.2 Å². The van der Waals surface area contributed by atoms with Crippen LogP contribution in [0.5, 0.6) is 5.75 Å². The first-order valence-corrected chi connectivity index (χ1v) is 11.1. The summed E-state index contributed by atoms with van der Waals surface area (Å²) in [5, 5.41) is 2.89. The molecule has 0 spiro atoms. The zero-order valence-corrected chi connectivity index (χ0v) is 17.8. The van der Waals surface area contributed by atoms with Gasteiger partial charge in [0.05, 0.1) is 12.2 Å². The zero-order valence-electron chi connectivity index (χ0n) is 17.8. The Morgan fingerprint density at radius 3 is 2.71 bits per heavy atom. The van der Waals surface area contributed by atoms with E-state index in [0.29, 0.717) is 30.9 Å². The summed E-state index contributed by atoms with van der Waals surface area (Å²) in [6.07, 6.45) is 9.70. The maximum absolute atomic E-state index is 12.7. The Kier molecular flexibility index (Phi) is 6.97. The molecule has 0 saturated carbocycles. The van der Waals surface area contributed by atoms with E-state index >= 15 is 0 Å². The maximum Gasteiger partial charge on any atom is 0.251 e. The van der Waals surface area contributed by atoms with Crippen molar-refractivity contribution < 1.29 is 14.3 Å². The number of hydrogen-bond acceptors (Lipinski definition) is 4. The number of ether oxygens (including phenoxy) is 1. The summed E-state index contributed by atoms with van der Waals surface area (Å²) in [6, 6.07) is 12.9. The molecule has 6 heteroatoms. The van der Waals surface area contributed by atoms with Crippen LogP contribution in [0.4, 0.5) is 0 Å². The fourth-order valence-electron chi connectivity index (χ4n) is 4.09. The zero-order chi connectivity index (χ0) is 21.5. The molecule has 0 radical (unpaired) electrons. The number of likely N-dealkylation sites (tertiary alicyclic amines) is 1. The maximum atomic E-state index is 12.7. The summed E-state index contributed by atoms with van der Waals surface area (Å²) in [5.74, 6) is 0.729. The van der Waals surface area contributed by atoms with Crippen LogP contribution in [-0.4, -0.2) is 40.9 Å². The van der Waals surface area contributed by atoms with Gasteiger partial charge in [-0.2, -0.15) is 0 Å². The van der Waals surface area contributed by atoms with Gasteiger partial charge in [-0.1, -0.05) is 18.2 Å². The van der Waals surface area contributed by atoms with E-state index in [1.54, 1.807) is 18.3 Å². The van der Waals surface area contributed by atoms with E-state index in [-0.39, 0.29) is 17.9 Å². The SMILES string of the molecule is O=C(NCc1ccccn1)c1cccc(OC2CCN(C(=O)C3=CCCCC3)CC2)c1. The number of allylic oxidation sites excluding steroid dienone is 1. The molecule has 0 atom stereocenters. The number of carbonyl (C=O) groups is 2. The number of amides is 2. The number of nitrogens with zero attached hydrogens (tertiary/aromatic N) is 2. The number of piperidine rings is 1. The lowest BCUT2D eigenvalue weighted by Crippen LogP contribution is -2.42. The van der Waals surface area contributed by atoms with Gasteiger partial charge in [0.2, 0.25) is 5.91 Å². The standard InChI is InChI=1S/C25H29N3O3/c29-24(27-18-21-10-4-5-14-26-21)20-9-6-11-23(17-20)31-22-12-15-28(16-13-22)25(30)19-7-2-1-3-8-19/h4-7,9-11,14,17,22H,1-3,8,12-13,15-16,18H2,(H,27,29). The predicted octanol–water partition coefficient (Wildman–Crippen LogP) is 3.88. The first-order valence-electron chi connectivity index (χ1n) is 11.1. The number of rotatable bonds is 6. The van der Waals surface area contributed by atoms with Crippen molar-refractivity contribution in [3.8, 4) is 5.75 Å². The lowest BCUT2D eigenvalue weighted by atomic mass is 9.97. The molecule has 1 N–H and O–H groups in total. The monoisotopic (exact) mass is 419 g/mol. The fraction of sp³-hybridized carbons (Fsp3) is 0.400. The number of carbonyl (C=O) groups excluding carboxylic acids is 2. The van der Waals surface area contributed by atoms with Crippen molar-refractivity contribution >= 4 is 11.8 Å². The number of benzene rings is 1. The molecule has 1 fully saturated rings. The first kappa shape index (κ1) is 21.1. The minimum atomic E-state index is -0.155. The van der Waals surface area contributed by atoms with Crippen molar-refractivity contribution in [2.24, 2.45) is 0 Å². The second kappa shape index (κ2) is 10.2. The molecule has 0 unspecified atom stereocenters. The molecule has 2 aliphatic rings. The van der Waals surface area contributed by atoms with Crippen LogP contribution < -0.4 is 10.1 Å². The molecule has 1 aromatic carbocycles. The van der Waals surface area contributed by atoms with Crippen LogP contribution in [0.15, 0.2) is 60.3 Å². The Hall–Kier alpha value is -3.15. The number of hydrogen-bond donors (Lipinski definition) is 1. The van der Waals surface area contributed by atoms with E-state index in [1.165, 1.54) is 6.42 Å². The molecule has 4 rings (SSSR count). The predicted molar refractivity (Wildman–Crippen MR) is 119 cm³/mol. The number of aromatic nitrogens is 1. The molecular weight excluding hydrogens is 390 g/mol. The van der Waals surface area contributed by atoms with Gasteiger partial charge >= 0.3 is 0 Å². The largest absolute Gasteiger partial charge is 0.490 e. The van der Waals surface area contributed by atoms with Gasteiger partial charge < -0.3 is 15.0 Å². The van der Waals surface area contributed by atoms with Gasteiger partial charge in [-0.15, -0.1) is 0 Å².